The van der Waals surface area contributed by atoms with Crippen molar-refractivity contribution >= 4 is 5.91 Å². The molecule has 0 spiro atoms. The maximum absolute atomic E-state index is 12.4. The zero-order chi connectivity index (χ0) is 11.7. The Kier molecular flexibility index (Phi) is 2.87. The number of carbonyl (C=O) groups excluding carboxylic acids is 1. The van der Waals surface area contributed by atoms with Gasteiger partial charge < -0.3 is 4.90 Å². The van der Waals surface area contributed by atoms with Crippen LogP contribution in [0.5, 0.6) is 0 Å². The maximum Gasteiger partial charge on any atom is 0.257 e. The summed E-state index contributed by atoms with van der Waals surface area (Å²) in [4.78, 5) is 14.5. The molecule has 1 aliphatic carbocycles. The van der Waals surface area contributed by atoms with E-state index < -0.39 is 0 Å². The molecular formula is C13H19N3O. The number of fused-ring (bicyclic) bond motifs is 1. The van der Waals surface area contributed by atoms with Gasteiger partial charge in [0.05, 0.1) is 11.8 Å². The standard InChI is InChI=1S/C13H19N3O/c17-13(11-8-14-15-9-11)16-7-3-5-10-4-1-2-6-12(10)16/h8-10,12H,1-7H2,(H,14,15)/t10-,12-/m1/s1. The van der Waals surface area contributed by atoms with Crippen LogP contribution in [0, 0.1) is 5.92 Å². The van der Waals surface area contributed by atoms with Gasteiger partial charge in [0.2, 0.25) is 0 Å². The molecule has 17 heavy (non-hydrogen) atoms. The molecule has 0 unspecified atom stereocenters. The van der Waals surface area contributed by atoms with E-state index in [1.165, 1.54) is 32.1 Å². The summed E-state index contributed by atoms with van der Waals surface area (Å²) < 4.78 is 0. The van der Waals surface area contributed by atoms with Gasteiger partial charge in [0.1, 0.15) is 0 Å². The number of hydrogen-bond donors (Lipinski definition) is 1. The summed E-state index contributed by atoms with van der Waals surface area (Å²) in [5.41, 5.74) is 0.705. The Morgan fingerprint density at radius 1 is 1.29 bits per heavy atom. The SMILES string of the molecule is O=C(c1cn[nH]c1)N1CCC[C@H]2CCCC[C@H]21. The zero-order valence-electron chi connectivity index (χ0n) is 10.1. The summed E-state index contributed by atoms with van der Waals surface area (Å²) in [5, 5.41) is 6.59. The highest BCUT2D eigenvalue weighted by atomic mass is 16.2. The van der Waals surface area contributed by atoms with Crippen molar-refractivity contribution in [1.82, 2.24) is 15.1 Å². The van der Waals surface area contributed by atoms with Gasteiger partial charge in [-0.3, -0.25) is 9.89 Å². The van der Waals surface area contributed by atoms with Gasteiger partial charge in [-0.2, -0.15) is 5.10 Å². The van der Waals surface area contributed by atoms with E-state index in [1.807, 2.05) is 0 Å². The summed E-state index contributed by atoms with van der Waals surface area (Å²) in [5.74, 6) is 0.906. The summed E-state index contributed by atoms with van der Waals surface area (Å²) in [6.45, 7) is 0.922. The van der Waals surface area contributed by atoms with Gasteiger partial charge in [0, 0.05) is 18.8 Å². The van der Waals surface area contributed by atoms with E-state index in [0.717, 1.165) is 18.9 Å². The van der Waals surface area contributed by atoms with Gasteiger partial charge in [0.25, 0.3) is 5.91 Å². The Morgan fingerprint density at radius 2 is 2.12 bits per heavy atom. The molecule has 92 valence electrons. The van der Waals surface area contributed by atoms with Gasteiger partial charge in [0.15, 0.2) is 0 Å². The van der Waals surface area contributed by atoms with Crippen LogP contribution in [0.2, 0.25) is 0 Å². The molecule has 1 saturated carbocycles. The number of aromatic amines is 1. The van der Waals surface area contributed by atoms with Crippen LogP contribution in [0.4, 0.5) is 0 Å². The Hall–Kier alpha value is -1.32. The predicted octanol–water partition coefficient (Wildman–Crippen LogP) is 2.20. The normalized spacial score (nSPS) is 28.8. The first kappa shape index (κ1) is 10.8. The smallest absolute Gasteiger partial charge is 0.257 e. The average molecular weight is 233 g/mol. The van der Waals surface area contributed by atoms with Gasteiger partial charge >= 0.3 is 0 Å². The molecule has 0 aromatic carbocycles. The molecule has 3 rings (SSSR count). The number of aromatic nitrogens is 2. The first-order chi connectivity index (χ1) is 8.36. The van der Waals surface area contributed by atoms with Crippen molar-refractivity contribution in [3.05, 3.63) is 18.0 Å². The second-order valence-electron chi connectivity index (χ2n) is 5.24. The van der Waals surface area contributed by atoms with E-state index in [0.29, 0.717) is 11.6 Å². The number of nitrogens with zero attached hydrogens (tertiary/aromatic N) is 2. The molecule has 1 saturated heterocycles. The first-order valence-corrected chi connectivity index (χ1v) is 6.66. The first-order valence-electron chi connectivity index (χ1n) is 6.66. The average Bonchev–Trinajstić information content (AvgIpc) is 2.91. The third-order valence-electron chi connectivity index (χ3n) is 4.25. The van der Waals surface area contributed by atoms with Crippen LogP contribution in [-0.4, -0.2) is 33.6 Å². The topological polar surface area (TPSA) is 49.0 Å². The fourth-order valence-electron chi connectivity index (χ4n) is 3.41. The van der Waals surface area contributed by atoms with Crippen LogP contribution in [-0.2, 0) is 0 Å². The van der Waals surface area contributed by atoms with E-state index in [4.69, 9.17) is 0 Å². The fourth-order valence-corrected chi connectivity index (χ4v) is 3.41. The summed E-state index contributed by atoms with van der Waals surface area (Å²) in [7, 11) is 0. The van der Waals surface area contributed by atoms with Crippen molar-refractivity contribution in [3.63, 3.8) is 0 Å². The summed E-state index contributed by atoms with van der Waals surface area (Å²) >= 11 is 0. The van der Waals surface area contributed by atoms with E-state index in [1.54, 1.807) is 12.4 Å². The minimum atomic E-state index is 0.162. The fraction of sp³-hybridized carbons (Fsp3) is 0.692. The van der Waals surface area contributed by atoms with E-state index >= 15 is 0 Å². The van der Waals surface area contributed by atoms with Crippen LogP contribution < -0.4 is 0 Å². The van der Waals surface area contributed by atoms with Gasteiger partial charge in [-0.05, 0) is 31.6 Å². The van der Waals surface area contributed by atoms with Crippen molar-refractivity contribution in [2.45, 2.75) is 44.6 Å². The molecule has 1 aliphatic heterocycles. The minimum Gasteiger partial charge on any atom is -0.335 e. The van der Waals surface area contributed by atoms with E-state index in [2.05, 4.69) is 15.1 Å². The molecule has 2 fully saturated rings. The highest BCUT2D eigenvalue weighted by Crippen LogP contribution is 2.35. The lowest BCUT2D eigenvalue weighted by molar-refractivity contribution is 0.0391. The van der Waals surface area contributed by atoms with E-state index in [-0.39, 0.29) is 5.91 Å². The monoisotopic (exact) mass is 233 g/mol. The Morgan fingerprint density at radius 3 is 2.94 bits per heavy atom. The molecule has 1 aromatic heterocycles. The highest BCUT2D eigenvalue weighted by molar-refractivity contribution is 5.94. The lowest BCUT2D eigenvalue weighted by atomic mass is 9.78. The van der Waals surface area contributed by atoms with Crippen molar-refractivity contribution in [2.24, 2.45) is 5.92 Å². The third kappa shape index (κ3) is 1.96. The lowest BCUT2D eigenvalue weighted by Crippen LogP contribution is -2.49. The summed E-state index contributed by atoms with van der Waals surface area (Å²) in [6, 6.07) is 0.486. The molecule has 1 amide bonds. The Bertz CT molecular complexity index is 385. The molecule has 0 radical (unpaired) electrons. The molecule has 2 atom stereocenters. The van der Waals surface area contributed by atoms with Crippen molar-refractivity contribution in [3.8, 4) is 0 Å². The van der Waals surface area contributed by atoms with Crippen LogP contribution in [0.15, 0.2) is 12.4 Å². The number of amides is 1. The van der Waals surface area contributed by atoms with Gasteiger partial charge in [-0.1, -0.05) is 12.8 Å². The second kappa shape index (κ2) is 4.51. The third-order valence-corrected chi connectivity index (χ3v) is 4.25. The van der Waals surface area contributed by atoms with Crippen LogP contribution in [0.3, 0.4) is 0 Å². The Labute approximate surface area is 101 Å². The molecule has 2 heterocycles. The number of carbonyl (C=O) groups is 1. The predicted molar refractivity (Wildman–Crippen MR) is 64.6 cm³/mol. The molecular weight excluding hydrogens is 214 g/mol. The highest BCUT2D eigenvalue weighted by Gasteiger charge is 2.36. The number of hydrogen-bond acceptors (Lipinski definition) is 2. The van der Waals surface area contributed by atoms with Gasteiger partial charge in [-0.25, -0.2) is 0 Å². The molecule has 2 aliphatic rings. The maximum atomic E-state index is 12.4. The molecule has 4 nitrogen and oxygen atoms in total. The number of piperidine rings is 1. The van der Waals surface area contributed by atoms with Crippen molar-refractivity contribution in [2.75, 3.05) is 6.54 Å². The molecule has 1 aromatic rings. The summed E-state index contributed by atoms with van der Waals surface area (Å²) in [6.07, 6.45) is 10.9. The van der Waals surface area contributed by atoms with Crippen molar-refractivity contribution in [1.29, 1.82) is 0 Å². The van der Waals surface area contributed by atoms with E-state index in [9.17, 15) is 4.79 Å². The Balaban J connectivity index is 1.79. The van der Waals surface area contributed by atoms with Crippen molar-refractivity contribution < 1.29 is 4.79 Å². The lowest BCUT2D eigenvalue weighted by Gasteiger charge is -2.44. The number of likely N-dealkylation sites (tertiary alicyclic amines) is 1. The number of rotatable bonds is 1. The van der Waals surface area contributed by atoms with Crippen LogP contribution >= 0.6 is 0 Å². The van der Waals surface area contributed by atoms with Crippen LogP contribution in [0.1, 0.15) is 48.9 Å². The second-order valence-corrected chi connectivity index (χ2v) is 5.24. The minimum absolute atomic E-state index is 0.162. The molecule has 0 bridgehead atoms. The zero-order valence-corrected chi connectivity index (χ0v) is 10.1. The number of nitrogens with one attached hydrogen (secondary N) is 1. The quantitative estimate of drug-likeness (QED) is 0.808. The largest absolute Gasteiger partial charge is 0.335 e. The molecule has 4 heteroatoms. The molecule has 1 N–H and O–H groups in total. The number of H-pyrrole nitrogens is 1. The van der Waals surface area contributed by atoms with Crippen LogP contribution in [0.25, 0.3) is 0 Å². The van der Waals surface area contributed by atoms with Gasteiger partial charge in [-0.15, -0.1) is 0 Å².